The Balaban J connectivity index is 3.62. The van der Waals surface area contributed by atoms with Gasteiger partial charge in [0.15, 0.2) is 0 Å². The lowest BCUT2D eigenvalue weighted by molar-refractivity contribution is 0.122. The van der Waals surface area contributed by atoms with E-state index in [9.17, 15) is 4.79 Å². The first kappa shape index (κ1) is 10.5. The predicted molar refractivity (Wildman–Crippen MR) is 44.4 cm³/mol. The van der Waals surface area contributed by atoms with Crippen molar-refractivity contribution in [2.45, 2.75) is 6.42 Å². The molecule has 0 bridgehead atoms. The first-order valence-electron chi connectivity index (χ1n) is 3.58. The number of nitriles is 1. The van der Waals surface area contributed by atoms with Crippen molar-refractivity contribution < 1.29 is 9.53 Å². The van der Waals surface area contributed by atoms with Gasteiger partial charge in [0, 0.05) is 13.6 Å². The van der Waals surface area contributed by atoms with Gasteiger partial charge in [0.25, 0.3) is 0 Å². The molecular formula is C8H12N2O2. The predicted octanol–water partition coefficient (Wildman–Crippen LogP) is 1.15. The molecule has 0 atom stereocenters. The van der Waals surface area contributed by atoms with Crippen molar-refractivity contribution in [3.05, 3.63) is 12.7 Å². The highest BCUT2D eigenvalue weighted by Crippen LogP contribution is 1.91. The number of nitrogens with zero attached hydrogens (tertiary/aromatic N) is 2. The number of rotatable bonds is 4. The highest BCUT2D eigenvalue weighted by atomic mass is 16.6. The average molecular weight is 168 g/mol. The average Bonchev–Trinajstić information content (AvgIpc) is 2.10. The molecule has 0 rings (SSSR count). The van der Waals surface area contributed by atoms with Crippen LogP contribution < -0.4 is 0 Å². The van der Waals surface area contributed by atoms with Crippen molar-refractivity contribution in [3.8, 4) is 6.07 Å². The van der Waals surface area contributed by atoms with Gasteiger partial charge < -0.3 is 9.64 Å². The van der Waals surface area contributed by atoms with Crippen LogP contribution in [0.3, 0.4) is 0 Å². The number of carbonyl (C=O) groups excluding carboxylic acids is 1. The van der Waals surface area contributed by atoms with E-state index in [-0.39, 0.29) is 6.61 Å². The molecule has 0 unspecified atom stereocenters. The maximum atomic E-state index is 11.0. The Morgan fingerprint density at radius 1 is 1.83 bits per heavy atom. The van der Waals surface area contributed by atoms with E-state index in [0.29, 0.717) is 13.0 Å². The monoisotopic (exact) mass is 168 g/mol. The van der Waals surface area contributed by atoms with Crippen LogP contribution >= 0.6 is 0 Å². The summed E-state index contributed by atoms with van der Waals surface area (Å²) in [5.74, 6) is 0. The van der Waals surface area contributed by atoms with Crippen molar-refractivity contribution in [2.24, 2.45) is 0 Å². The molecule has 0 aromatic heterocycles. The second kappa shape index (κ2) is 6.23. The van der Waals surface area contributed by atoms with Gasteiger partial charge in [-0.1, -0.05) is 12.7 Å². The second-order valence-corrected chi connectivity index (χ2v) is 2.20. The molecule has 0 aromatic rings. The van der Waals surface area contributed by atoms with Crippen LogP contribution in [0.25, 0.3) is 0 Å². The standard InChI is InChI=1S/C8H12N2O2/c1-3-7-12-8(11)10(2)6-4-5-9/h3H,1,4,6-7H2,2H3. The topological polar surface area (TPSA) is 53.3 Å². The van der Waals surface area contributed by atoms with Crippen LogP contribution in [0.2, 0.25) is 0 Å². The minimum Gasteiger partial charge on any atom is -0.445 e. The van der Waals surface area contributed by atoms with Gasteiger partial charge in [-0.2, -0.15) is 5.26 Å². The molecule has 0 aliphatic rings. The third kappa shape index (κ3) is 4.34. The highest BCUT2D eigenvalue weighted by Gasteiger charge is 2.07. The SMILES string of the molecule is C=CCOC(=O)N(C)CCC#N. The Morgan fingerprint density at radius 2 is 2.50 bits per heavy atom. The molecule has 4 heteroatoms. The van der Waals surface area contributed by atoms with Crippen LogP contribution in [-0.2, 0) is 4.74 Å². The Morgan fingerprint density at radius 3 is 3.00 bits per heavy atom. The molecule has 1 amide bonds. The number of hydrogen-bond donors (Lipinski definition) is 0. The van der Waals surface area contributed by atoms with Crippen LogP contribution in [0.1, 0.15) is 6.42 Å². The van der Waals surface area contributed by atoms with E-state index in [1.54, 1.807) is 7.05 Å². The molecule has 0 saturated carbocycles. The Hall–Kier alpha value is -1.50. The van der Waals surface area contributed by atoms with Gasteiger partial charge in [0.1, 0.15) is 6.61 Å². The van der Waals surface area contributed by atoms with E-state index in [4.69, 9.17) is 10.00 Å². The molecule has 66 valence electrons. The molecule has 0 fully saturated rings. The van der Waals surface area contributed by atoms with E-state index in [0.717, 1.165) is 0 Å². The molecule has 0 aliphatic carbocycles. The maximum Gasteiger partial charge on any atom is 0.409 e. The molecule has 0 saturated heterocycles. The summed E-state index contributed by atoms with van der Waals surface area (Å²) < 4.78 is 4.71. The first-order chi connectivity index (χ1) is 5.72. The van der Waals surface area contributed by atoms with Crippen LogP contribution in [0.4, 0.5) is 4.79 Å². The van der Waals surface area contributed by atoms with Gasteiger partial charge in [0.05, 0.1) is 12.5 Å². The number of hydrogen-bond acceptors (Lipinski definition) is 3. The van der Waals surface area contributed by atoms with E-state index in [1.165, 1.54) is 11.0 Å². The van der Waals surface area contributed by atoms with Crippen molar-refractivity contribution in [1.29, 1.82) is 5.26 Å². The number of amides is 1. The molecule has 12 heavy (non-hydrogen) atoms. The molecule has 4 nitrogen and oxygen atoms in total. The fourth-order valence-electron chi connectivity index (χ4n) is 0.549. The van der Waals surface area contributed by atoms with E-state index < -0.39 is 6.09 Å². The fourth-order valence-corrected chi connectivity index (χ4v) is 0.549. The molecule has 0 radical (unpaired) electrons. The third-order valence-corrected chi connectivity index (χ3v) is 1.20. The summed E-state index contributed by atoms with van der Waals surface area (Å²) in [6.45, 7) is 4.01. The van der Waals surface area contributed by atoms with Gasteiger partial charge in [0.2, 0.25) is 0 Å². The van der Waals surface area contributed by atoms with E-state index >= 15 is 0 Å². The second-order valence-electron chi connectivity index (χ2n) is 2.20. The normalized spacial score (nSPS) is 8.33. The van der Waals surface area contributed by atoms with Gasteiger partial charge >= 0.3 is 6.09 Å². The Bertz CT molecular complexity index is 196. The van der Waals surface area contributed by atoms with Crippen molar-refractivity contribution in [1.82, 2.24) is 4.90 Å². The third-order valence-electron chi connectivity index (χ3n) is 1.20. The minimum atomic E-state index is -0.426. The quantitative estimate of drug-likeness (QED) is 0.592. The van der Waals surface area contributed by atoms with Crippen molar-refractivity contribution in [3.63, 3.8) is 0 Å². The van der Waals surface area contributed by atoms with Crippen LogP contribution in [0.15, 0.2) is 12.7 Å². The summed E-state index contributed by atoms with van der Waals surface area (Å²) in [6.07, 6.45) is 1.39. The summed E-state index contributed by atoms with van der Waals surface area (Å²) in [4.78, 5) is 12.3. The molecule has 0 N–H and O–H groups in total. The number of ether oxygens (including phenoxy) is 1. The molecule has 0 heterocycles. The lowest BCUT2D eigenvalue weighted by Gasteiger charge is -2.13. The molecule has 0 spiro atoms. The smallest absolute Gasteiger partial charge is 0.409 e. The highest BCUT2D eigenvalue weighted by molar-refractivity contribution is 5.67. The lowest BCUT2D eigenvalue weighted by Crippen LogP contribution is -2.28. The van der Waals surface area contributed by atoms with E-state index in [1.807, 2.05) is 6.07 Å². The summed E-state index contributed by atoms with van der Waals surface area (Å²) in [6, 6.07) is 1.94. The Labute approximate surface area is 72.0 Å². The largest absolute Gasteiger partial charge is 0.445 e. The molecular weight excluding hydrogens is 156 g/mol. The molecule has 0 aromatic carbocycles. The maximum absolute atomic E-state index is 11.0. The summed E-state index contributed by atoms with van der Waals surface area (Å²) >= 11 is 0. The zero-order chi connectivity index (χ0) is 9.40. The van der Waals surface area contributed by atoms with Crippen LogP contribution in [0, 0.1) is 11.3 Å². The van der Waals surface area contributed by atoms with Gasteiger partial charge in [-0.3, -0.25) is 0 Å². The van der Waals surface area contributed by atoms with Gasteiger partial charge in [-0.05, 0) is 0 Å². The summed E-state index contributed by atoms with van der Waals surface area (Å²) in [5.41, 5.74) is 0. The van der Waals surface area contributed by atoms with Gasteiger partial charge in [-0.15, -0.1) is 0 Å². The summed E-state index contributed by atoms with van der Waals surface area (Å²) in [5, 5.41) is 8.23. The minimum absolute atomic E-state index is 0.204. The van der Waals surface area contributed by atoms with Crippen LogP contribution in [-0.4, -0.2) is 31.2 Å². The molecule has 0 aliphatic heterocycles. The fraction of sp³-hybridized carbons (Fsp3) is 0.500. The van der Waals surface area contributed by atoms with Crippen molar-refractivity contribution in [2.75, 3.05) is 20.2 Å². The zero-order valence-electron chi connectivity index (χ0n) is 7.12. The van der Waals surface area contributed by atoms with Crippen LogP contribution in [0.5, 0.6) is 0 Å². The Kier molecular flexibility index (Phi) is 5.45. The lowest BCUT2D eigenvalue weighted by atomic mass is 10.4. The van der Waals surface area contributed by atoms with Crippen molar-refractivity contribution >= 4 is 6.09 Å². The zero-order valence-corrected chi connectivity index (χ0v) is 7.12. The first-order valence-corrected chi connectivity index (χ1v) is 3.58. The number of carbonyl (C=O) groups is 1. The summed E-state index contributed by atoms with van der Waals surface area (Å²) in [7, 11) is 1.59. The van der Waals surface area contributed by atoms with Gasteiger partial charge in [-0.25, -0.2) is 4.79 Å². The van der Waals surface area contributed by atoms with E-state index in [2.05, 4.69) is 6.58 Å².